The van der Waals surface area contributed by atoms with Crippen LogP contribution in [0, 0.1) is 0 Å². The summed E-state index contributed by atoms with van der Waals surface area (Å²) in [5.74, 6) is -0.112. The third-order valence-corrected chi connectivity index (χ3v) is 4.62. The Morgan fingerprint density at radius 2 is 1.91 bits per heavy atom. The van der Waals surface area contributed by atoms with Crippen LogP contribution in [0.1, 0.15) is 23.0 Å². The Labute approximate surface area is 189 Å². The van der Waals surface area contributed by atoms with E-state index in [2.05, 4.69) is 15.5 Å². The number of amides is 1. The van der Waals surface area contributed by atoms with Crippen LogP contribution >= 0.6 is 0 Å². The summed E-state index contributed by atoms with van der Waals surface area (Å²) in [6, 6.07) is 19.7. The quantitative estimate of drug-likeness (QED) is 0.249. The van der Waals surface area contributed by atoms with Gasteiger partial charge in [0.25, 0.3) is 5.91 Å². The average Bonchev–Trinajstić information content (AvgIpc) is 3.23. The topological polar surface area (TPSA) is 103 Å². The lowest BCUT2D eigenvalue weighted by molar-refractivity contribution is -0.123. The predicted octanol–water partition coefficient (Wildman–Crippen LogP) is 4.20. The molecule has 0 spiro atoms. The zero-order valence-electron chi connectivity index (χ0n) is 17.9. The van der Waals surface area contributed by atoms with Gasteiger partial charge in [-0.15, -0.1) is 0 Å². The fourth-order valence-corrected chi connectivity index (χ4v) is 3.17. The molecule has 0 fully saturated rings. The van der Waals surface area contributed by atoms with Gasteiger partial charge < -0.3 is 13.9 Å². The van der Waals surface area contributed by atoms with Crippen LogP contribution in [0.2, 0.25) is 0 Å². The molecule has 2 aromatic heterocycles. The molecule has 4 aromatic rings. The summed E-state index contributed by atoms with van der Waals surface area (Å²) in [5.41, 5.74) is 4.57. The van der Waals surface area contributed by atoms with Crippen molar-refractivity contribution >= 4 is 29.1 Å². The van der Waals surface area contributed by atoms with Gasteiger partial charge >= 0.3 is 5.97 Å². The second kappa shape index (κ2) is 10.2. The Balaban J connectivity index is 1.52. The van der Waals surface area contributed by atoms with E-state index >= 15 is 0 Å². The number of fused-ring (bicyclic) bond motifs is 1. The molecule has 0 atom stereocenters. The first-order chi connectivity index (χ1) is 16.2. The summed E-state index contributed by atoms with van der Waals surface area (Å²) in [6.07, 6.45) is 3.07. The van der Waals surface area contributed by atoms with Crippen LogP contribution in [0.3, 0.4) is 0 Å². The molecule has 1 amide bonds. The Kier molecular flexibility index (Phi) is 6.75. The summed E-state index contributed by atoms with van der Waals surface area (Å²) in [7, 11) is 0. The maximum absolute atomic E-state index is 12.7. The molecule has 8 nitrogen and oxygen atoms in total. The van der Waals surface area contributed by atoms with Crippen molar-refractivity contribution in [3.8, 4) is 17.1 Å². The highest BCUT2D eigenvalue weighted by Crippen LogP contribution is 2.36. The number of esters is 1. The van der Waals surface area contributed by atoms with E-state index in [9.17, 15) is 9.59 Å². The lowest BCUT2D eigenvalue weighted by atomic mass is 10.1. The minimum Gasteiger partial charge on any atom is -0.484 e. The molecule has 0 saturated heterocycles. The largest absolute Gasteiger partial charge is 0.484 e. The van der Waals surface area contributed by atoms with Crippen LogP contribution in [0.5, 0.6) is 5.75 Å². The zero-order valence-corrected chi connectivity index (χ0v) is 17.9. The molecule has 0 unspecified atom stereocenters. The van der Waals surface area contributed by atoms with Crippen LogP contribution in [0.25, 0.3) is 22.3 Å². The highest BCUT2D eigenvalue weighted by atomic mass is 16.5. The van der Waals surface area contributed by atoms with E-state index < -0.39 is 11.9 Å². The number of hydrazone groups is 1. The number of hydrogen-bond donors (Lipinski definition) is 1. The monoisotopic (exact) mass is 443 g/mol. The Morgan fingerprint density at radius 1 is 1.09 bits per heavy atom. The fourth-order valence-electron chi connectivity index (χ4n) is 3.17. The van der Waals surface area contributed by atoms with Crippen molar-refractivity contribution in [1.29, 1.82) is 0 Å². The minimum atomic E-state index is -0.492. The van der Waals surface area contributed by atoms with Gasteiger partial charge in [0, 0.05) is 17.1 Å². The molecule has 0 aliphatic carbocycles. The van der Waals surface area contributed by atoms with Gasteiger partial charge in [0.2, 0.25) is 0 Å². The van der Waals surface area contributed by atoms with Gasteiger partial charge in [-0.05, 0) is 37.3 Å². The van der Waals surface area contributed by atoms with E-state index in [1.54, 1.807) is 43.5 Å². The molecule has 4 rings (SSSR count). The number of nitrogens with zero attached hydrogens (tertiary/aromatic N) is 2. The molecular formula is C25H21N3O5. The smallest absolute Gasteiger partial charge is 0.342 e. The van der Waals surface area contributed by atoms with E-state index in [1.165, 1.54) is 6.21 Å². The minimum absolute atomic E-state index is 0.231. The van der Waals surface area contributed by atoms with E-state index in [0.29, 0.717) is 33.7 Å². The second-order valence-corrected chi connectivity index (χ2v) is 6.89. The molecule has 0 aliphatic rings. The number of benzene rings is 2. The summed E-state index contributed by atoms with van der Waals surface area (Å²) in [4.78, 5) is 28.9. The van der Waals surface area contributed by atoms with Crippen molar-refractivity contribution in [1.82, 2.24) is 10.4 Å². The van der Waals surface area contributed by atoms with Crippen molar-refractivity contribution in [3.63, 3.8) is 0 Å². The highest BCUT2D eigenvalue weighted by molar-refractivity contribution is 6.09. The number of ether oxygens (including phenoxy) is 2. The first kappa shape index (κ1) is 21.8. The van der Waals surface area contributed by atoms with Crippen LogP contribution in [-0.4, -0.2) is 36.3 Å². The van der Waals surface area contributed by atoms with Gasteiger partial charge in [-0.25, -0.2) is 10.2 Å². The summed E-state index contributed by atoms with van der Waals surface area (Å²) < 4.78 is 16.8. The van der Waals surface area contributed by atoms with Crippen molar-refractivity contribution in [2.75, 3.05) is 13.2 Å². The molecule has 8 heteroatoms. The number of rotatable bonds is 8. The maximum atomic E-state index is 12.7. The molecule has 0 radical (unpaired) electrons. The third kappa shape index (κ3) is 5.24. The predicted molar refractivity (Wildman–Crippen MR) is 123 cm³/mol. The number of carbonyl (C=O) groups is 2. The number of nitrogens with one attached hydrogen (secondary N) is 1. The van der Waals surface area contributed by atoms with Crippen LogP contribution in [0.15, 0.2) is 82.4 Å². The van der Waals surface area contributed by atoms with Crippen molar-refractivity contribution < 1.29 is 23.5 Å². The Hall–Kier alpha value is -4.46. The van der Waals surface area contributed by atoms with Gasteiger partial charge in [0.15, 0.2) is 6.61 Å². The number of aromatic nitrogens is 1. The third-order valence-electron chi connectivity index (χ3n) is 4.62. The molecule has 33 heavy (non-hydrogen) atoms. The fraction of sp³-hybridized carbons (Fsp3) is 0.120. The average molecular weight is 443 g/mol. The molecule has 166 valence electrons. The second-order valence-electron chi connectivity index (χ2n) is 6.89. The number of hydrogen-bond acceptors (Lipinski definition) is 7. The molecule has 0 bridgehead atoms. The van der Waals surface area contributed by atoms with E-state index in [-0.39, 0.29) is 13.2 Å². The Morgan fingerprint density at radius 3 is 2.67 bits per heavy atom. The Bertz CT molecular complexity index is 1280. The molecule has 2 heterocycles. The van der Waals surface area contributed by atoms with Gasteiger partial charge in [0.05, 0.1) is 18.5 Å². The van der Waals surface area contributed by atoms with Gasteiger partial charge in [0.1, 0.15) is 22.7 Å². The summed E-state index contributed by atoms with van der Waals surface area (Å²) in [6.45, 7) is 1.71. The van der Waals surface area contributed by atoms with Gasteiger partial charge in [-0.1, -0.05) is 36.4 Å². The first-order valence-corrected chi connectivity index (χ1v) is 10.3. The van der Waals surface area contributed by atoms with E-state index in [1.807, 2.05) is 36.4 Å². The lowest BCUT2D eigenvalue weighted by Crippen LogP contribution is -2.24. The summed E-state index contributed by atoms with van der Waals surface area (Å²) >= 11 is 0. The molecular weight excluding hydrogens is 422 g/mol. The molecule has 0 aliphatic heterocycles. The lowest BCUT2D eigenvalue weighted by Gasteiger charge is -2.06. The number of furan rings is 1. The normalized spacial score (nSPS) is 10.9. The number of carbonyl (C=O) groups excluding carboxylic acids is 2. The van der Waals surface area contributed by atoms with Crippen LogP contribution in [0.4, 0.5) is 0 Å². The standard InChI is InChI=1S/C25H21N3O5/c1-2-31-25(30)23-20-14-19(11-12-21(20)33-24(23)17-8-4-3-5-9-17)32-16-22(29)28-27-15-18-10-6-7-13-26-18/h3-15H,2,16H2,1H3,(H,28,29)/b27-15+. The maximum Gasteiger partial charge on any atom is 0.342 e. The van der Waals surface area contributed by atoms with Crippen molar-refractivity contribution in [3.05, 3.63) is 84.2 Å². The van der Waals surface area contributed by atoms with Crippen molar-refractivity contribution in [2.24, 2.45) is 5.10 Å². The summed E-state index contributed by atoms with van der Waals surface area (Å²) in [5, 5.41) is 4.40. The van der Waals surface area contributed by atoms with Crippen LogP contribution < -0.4 is 10.2 Å². The number of pyridine rings is 1. The molecule has 0 saturated carbocycles. The van der Waals surface area contributed by atoms with E-state index in [4.69, 9.17) is 13.9 Å². The molecule has 1 N–H and O–H groups in total. The SMILES string of the molecule is CCOC(=O)c1c(-c2ccccc2)oc2ccc(OCC(=O)N/N=C/c3ccccn3)cc12. The van der Waals surface area contributed by atoms with Gasteiger partial charge in [-0.2, -0.15) is 5.10 Å². The zero-order chi connectivity index (χ0) is 23.0. The molecule has 2 aromatic carbocycles. The van der Waals surface area contributed by atoms with Crippen molar-refractivity contribution in [2.45, 2.75) is 6.92 Å². The first-order valence-electron chi connectivity index (χ1n) is 10.3. The van der Waals surface area contributed by atoms with E-state index in [0.717, 1.165) is 5.56 Å². The highest BCUT2D eigenvalue weighted by Gasteiger charge is 2.23. The van der Waals surface area contributed by atoms with Crippen LogP contribution in [-0.2, 0) is 9.53 Å². The van der Waals surface area contributed by atoms with Gasteiger partial charge in [-0.3, -0.25) is 9.78 Å².